The summed E-state index contributed by atoms with van der Waals surface area (Å²) in [5.74, 6) is 0.0853. The zero-order chi connectivity index (χ0) is 15.4. The second-order valence-electron chi connectivity index (χ2n) is 4.76. The van der Waals surface area contributed by atoms with E-state index in [-0.39, 0.29) is 11.9 Å². The Morgan fingerprint density at radius 2 is 2.10 bits per heavy atom. The number of hydrogen-bond donors (Lipinski definition) is 1. The maximum atomic E-state index is 12.3. The lowest BCUT2D eigenvalue weighted by Gasteiger charge is -2.24. The summed E-state index contributed by atoms with van der Waals surface area (Å²) in [6, 6.07) is 3.44. The quantitative estimate of drug-likeness (QED) is 0.900. The minimum atomic E-state index is -0.305. The molecule has 1 atom stereocenters. The van der Waals surface area contributed by atoms with Gasteiger partial charge in [-0.2, -0.15) is 0 Å². The van der Waals surface area contributed by atoms with Crippen molar-refractivity contribution < 1.29 is 4.79 Å². The number of carbonyl (C=O) groups excluding carboxylic acids is 1. The van der Waals surface area contributed by atoms with E-state index in [4.69, 9.17) is 0 Å². The van der Waals surface area contributed by atoms with E-state index < -0.39 is 0 Å². The molecule has 6 heteroatoms. The van der Waals surface area contributed by atoms with Gasteiger partial charge in [0.05, 0.1) is 11.2 Å². The molecule has 5 nitrogen and oxygen atoms in total. The third kappa shape index (κ3) is 3.50. The Morgan fingerprint density at radius 3 is 2.76 bits per heavy atom. The smallest absolute Gasteiger partial charge is 0.244 e. The van der Waals surface area contributed by atoms with Crippen LogP contribution in [-0.2, 0) is 4.79 Å². The van der Waals surface area contributed by atoms with Crippen LogP contribution in [0.15, 0.2) is 29.0 Å². The molecule has 1 amide bonds. The highest BCUT2D eigenvalue weighted by atomic mass is 79.9. The fourth-order valence-corrected chi connectivity index (χ4v) is 2.55. The molecule has 0 saturated heterocycles. The van der Waals surface area contributed by atoms with Crippen molar-refractivity contribution in [2.45, 2.75) is 26.8 Å². The summed E-state index contributed by atoms with van der Waals surface area (Å²) in [5, 5.41) is 3.24. The summed E-state index contributed by atoms with van der Waals surface area (Å²) in [5.41, 5.74) is 2.37. The molecule has 2 rings (SSSR count). The predicted molar refractivity (Wildman–Crippen MR) is 88.3 cm³/mol. The molecule has 0 aliphatic heterocycles. The summed E-state index contributed by atoms with van der Waals surface area (Å²) < 4.78 is 0.881. The second-order valence-corrected chi connectivity index (χ2v) is 5.67. The van der Waals surface area contributed by atoms with Crippen molar-refractivity contribution in [1.29, 1.82) is 0 Å². The lowest BCUT2D eigenvalue weighted by Crippen LogP contribution is -2.41. The molecule has 0 radical (unpaired) electrons. The third-order valence-electron chi connectivity index (χ3n) is 3.36. The standard InChI is InChI=1S/C15H19BrN4O/c1-4-20(5-2)15(21)10(3)19-12-6-7-17-13-8-11(16)9-18-14(12)13/h6-10H,4-5H2,1-3H3,(H,17,19). The van der Waals surface area contributed by atoms with E-state index in [0.717, 1.165) is 21.2 Å². The lowest BCUT2D eigenvalue weighted by atomic mass is 10.2. The van der Waals surface area contributed by atoms with E-state index in [9.17, 15) is 4.79 Å². The zero-order valence-corrected chi connectivity index (χ0v) is 14.0. The maximum absolute atomic E-state index is 12.3. The molecular weight excluding hydrogens is 332 g/mol. The number of anilines is 1. The van der Waals surface area contributed by atoms with Gasteiger partial charge >= 0.3 is 0 Å². The Labute approximate surface area is 132 Å². The van der Waals surface area contributed by atoms with Crippen LogP contribution in [-0.4, -0.2) is 39.9 Å². The highest BCUT2D eigenvalue weighted by Crippen LogP contribution is 2.22. The summed E-state index contributed by atoms with van der Waals surface area (Å²) >= 11 is 3.39. The van der Waals surface area contributed by atoms with Crippen molar-refractivity contribution in [2.75, 3.05) is 18.4 Å². The largest absolute Gasteiger partial charge is 0.372 e. The van der Waals surface area contributed by atoms with E-state index in [1.54, 1.807) is 12.4 Å². The first-order chi connectivity index (χ1) is 10.1. The van der Waals surface area contributed by atoms with Crippen molar-refractivity contribution in [3.63, 3.8) is 0 Å². The summed E-state index contributed by atoms with van der Waals surface area (Å²) in [6.45, 7) is 7.25. The molecular formula is C15H19BrN4O. The van der Waals surface area contributed by atoms with Crippen molar-refractivity contribution in [3.8, 4) is 0 Å². The normalized spacial score (nSPS) is 12.2. The summed E-state index contributed by atoms with van der Waals surface area (Å²) in [7, 11) is 0. The Kier molecular flexibility index (Phi) is 5.12. The average Bonchev–Trinajstić information content (AvgIpc) is 2.48. The van der Waals surface area contributed by atoms with Gasteiger partial charge in [-0.3, -0.25) is 14.8 Å². The van der Waals surface area contributed by atoms with Crippen LogP contribution in [0.2, 0.25) is 0 Å². The number of carbonyl (C=O) groups is 1. The molecule has 0 aromatic carbocycles. The number of pyridine rings is 2. The number of nitrogens with zero attached hydrogens (tertiary/aromatic N) is 3. The van der Waals surface area contributed by atoms with Gasteiger partial charge in [0.1, 0.15) is 11.6 Å². The zero-order valence-electron chi connectivity index (χ0n) is 12.4. The van der Waals surface area contributed by atoms with Gasteiger partial charge in [0.2, 0.25) is 5.91 Å². The van der Waals surface area contributed by atoms with Crippen LogP contribution < -0.4 is 5.32 Å². The average molecular weight is 351 g/mol. The van der Waals surface area contributed by atoms with E-state index in [1.165, 1.54) is 0 Å². The van der Waals surface area contributed by atoms with Gasteiger partial charge in [-0.05, 0) is 48.8 Å². The molecule has 0 saturated carbocycles. The van der Waals surface area contributed by atoms with Gasteiger partial charge in [-0.1, -0.05) is 0 Å². The third-order valence-corrected chi connectivity index (χ3v) is 3.80. The molecule has 2 aromatic rings. The second kappa shape index (κ2) is 6.85. The van der Waals surface area contributed by atoms with Gasteiger partial charge in [-0.25, -0.2) is 0 Å². The molecule has 112 valence electrons. The monoisotopic (exact) mass is 350 g/mol. The lowest BCUT2D eigenvalue weighted by molar-refractivity contribution is -0.131. The molecule has 0 aliphatic carbocycles. The topological polar surface area (TPSA) is 58.1 Å². The van der Waals surface area contributed by atoms with Crippen LogP contribution >= 0.6 is 15.9 Å². The first-order valence-corrected chi connectivity index (χ1v) is 7.81. The molecule has 2 aromatic heterocycles. The fraction of sp³-hybridized carbons (Fsp3) is 0.400. The predicted octanol–water partition coefficient (Wildman–Crippen LogP) is 3.06. The van der Waals surface area contributed by atoms with Crippen molar-refractivity contribution in [1.82, 2.24) is 14.9 Å². The Balaban J connectivity index is 2.25. The van der Waals surface area contributed by atoms with E-state index in [0.29, 0.717) is 13.1 Å². The number of aromatic nitrogens is 2. The molecule has 1 unspecified atom stereocenters. The minimum absolute atomic E-state index is 0.0853. The number of nitrogens with one attached hydrogen (secondary N) is 1. The van der Waals surface area contributed by atoms with Crippen LogP contribution in [0.4, 0.5) is 5.69 Å². The van der Waals surface area contributed by atoms with Crippen LogP contribution in [0.3, 0.4) is 0 Å². The minimum Gasteiger partial charge on any atom is -0.372 e. The van der Waals surface area contributed by atoms with E-state index in [1.807, 2.05) is 37.8 Å². The molecule has 0 fully saturated rings. The highest BCUT2D eigenvalue weighted by Gasteiger charge is 2.18. The maximum Gasteiger partial charge on any atom is 0.244 e. The van der Waals surface area contributed by atoms with E-state index >= 15 is 0 Å². The fourth-order valence-electron chi connectivity index (χ4n) is 2.23. The molecule has 0 aliphatic rings. The van der Waals surface area contributed by atoms with Crippen molar-refractivity contribution in [3.05, 3.63) is 29.0 Å². The van der Waals surface area contributed by atoms with Gasteiger partial charge in [0.15, 0.2) is 0 Å². The first kappa shape index (κ1) is 15.7. The number of hydrogen-bond acceptors (Lipinski definition) is 4. The van der Waals surface area contributed by atoms with Crippen LogP contribution in [0, 0.1) is 0 Å². The number of likely N-dealkylation sites (N-methyl/N-ethyl adjacent to an activating group) is 1. The van der Waals surface area contributed by atoms with Gasteiger partial charge in [-0.15, -0.1) is 0 Å². The van der Waals surface area contributed by atoms with Gasteiger partial charge < -0.3 is 10.2 Å². The molecule has 2 heterocycles. The SMILES string of the molecule is CCN(CC)C(=O)C(C)Nc1ccnc2cc(Br)cnc12. The van der Waals surface area contributed by atoms with Gasteiger partial charge in [0, 0.05) is 30.0 Å². The van der Waals surface area contributed by atoms with Crippen molar-refractivity contribution >= 4 is 38.6 Å². The van der Waals surface area contributed by atoms with Gasteiger partial charge in [0.25, 0.3) is 0 Å². The number of fused-ring (bicyclic) bond motifs is 1. The molecule has 0 spiro atoms. The first-order valence-electron chi connectivity index (χ1n) is 7.02. The van der Waals surface area contributed by atoms with Crippen molar-refractivity contribution in [2.24, 2.45) is 0 Å². The van der Waals surface area contributed by atoms with Crippen LogP contribution in [0.25, 0.3) is 11.0 Å². The Bertz CT molecular complexity index is 643. The number of rotatable bonds is 5. The molecule has 0 bridgehead atoms. The van der Waals surface area contributed by atoms with Crippen LogP contribution in [0.1, 0.15) is 20.8 Å². The highest BCUT2D eigenvalue weighted by molar-refractivity contribution is 9.10. The molecule has 1 N–H and O–H groups in total. The summed E-state index contributed by atoms with van der Waals surface area (Å²) in [4.78, 5) is 22.8. The number of amides is 1. The van der Waals surface area contributed by atoms with Crippen LogP contribution in [0.5, 0.6) is 0 Å². The molecule has 21 heavy (non-hydrogen) atoms. The Morgan fingerprint density at radius 1 is 1.38 bits per heavy atom. The van der Waals surface area contributed by atoms with E-state index in [2.05, 4.69) is 31.2 Å². The summed E-state index contributed by atoms with van der Waals surface area (Å²) in [6.07, 6.45) is 3.44. The number of halogens is 1. The Hall–Kier alpha value is -1.69.